The van der Waals surface area contributed by atoms with Crippen molar-refractivity contribution in [1.82, 2.24) is 10.2 Å². The smallest absolute Gasteiger partial charge is 0.324 e. The van der Waals surface area contributed by atoms with Gasteiger partial charge in [0.05, 0.1) is 0 Å². The lowest BCUT2D eigenvalue weighted by Crippen LogP contribution is -2.29. The van der Waals surface area contributed by atoms with Crippen molar-refractivity contribution < 1.29 is 4.79 Å². The lowest BCUT2D eigenvalue weighted by molar-refractivity contribution is 0.229. The molecule has 1 fully saturated rings. The Morgan fingerprint density at radius 3 is 2.44 bits per heavy atom. The number of anilines is 1. The first-order valence-corrected chi connectivity index (χ1v) is 5.48. The van der Waals surface area contributed by atoms with E-state index in [1.165, 1.54) is 5.56 Å². The zero-order chi connectivity index (χ0) is 11.5. The molecule has 1 saturated heterocycles. The van der Waals surface area contributed by atoms with Crippen LogP contribution in [0.15, 0.2) is 24.3 Å². The van der Waals surface area contributed by atoms with Crippen LogP contribution in [0.4, 0.5) is 10.5 Å². The van der Waals surface area contributed by atoms with E-state index in [9.17, 15) is 4.79 Å². The van der Waals surface area contributed by atoms with Crippen LogP contribution in [0.1, 0.15) is 5.56 Å². The molecule has 0 aliphatic carbocycles. The number of hydrogen-bond acceptors (Lipinski definition) is 2. The molecule has 2 amide bonds. The second-order valence-electron chi connectivity index (χ2n) is 4.05. The zero-order valence-corrected chi connectivity index (χ0v) is 9.73. The van der Waals surface area contributed by atoms with Gasteiger partial charge in [-0.15, -0.1) is 0 Å². The summed E-state index contributed by atoms with van der Waals surface area (Å²) >= 11 is 0. The Morgan fingerprint density at radius 2 is 1.94 bits per heavy atom. The van der Waals surface area contributed by atoms with Gasteiger partial charge in [0.2, 0.25) is 0 Å². The maximum Gasteiger partial charge on any atom is 0.324 e. The summed E-state index contributed by atoms with van der Waals surface area (Å²) in [4.78, 5) is 15.3. The van der Waals surface area contributed by atoms with E-state index in [1.807, 2.05) is 31.1 Å². The first kappa shape index (κ1) is 11.0. The van der Waals surface area contributed by atoms with Crippen LogP contribution in [-0.2, 0) is 6.54 Å². The minimum atomic E-state index is 0.0846. The van der Waals surface area contributed by atoms with Gasteiger partial charge in [-0.25, -0.2) is 4.79 Å². The van der Waals surface area contributed by atoms with Gasteiger partial charge < -0.3 is 10.2 Å². The van der Waals surface area contributed by atoms with E-state index in [1.54, 1.807) is 4.90 Å². The lowest BCUT2D eigenvalue weighted by atomic mass is 10.2. The molecule has 0 spiro atoms. The molecule has 0 aromatic heterocycles. The molecule has 1 N–H and O–H groups in total. The number of urea groups is 1. The van der Waals surface area contributed by atoms with Crippen molar-refractivity contribution in [2.45, 2.75) is 6.54 Å². The molecule has 2 rings (SSSR count). The monoisotopic (exact) mass is 219 g/mol. The Kier molecular flexibility index (Phi) is 3.10. The van der Waals surface area contributed by atoms with Crippen LogP contribution in [0, 0.1) is 0 Å². The molecule has 86 valence electrons. The Labute approximate surface area is 95.8 Å². The largest absolute Gasteiger partial charge is 0.326 e. The summed E-state index contributed by atoms with van der Waals surface area (Å²) in [5.41, 5.74) is 2.21. The van der Waals surface area contributed by atoms with Crippen molar-refractivity contribution in [3.63, 3.8) is 0 Å². The number of amides is 2. The summed E-state index contributed by atoms with van der Waals surface area (Å²) in [5, 5.41) is 3.10. The molecule has 1 aliphatic heterocycles. The lowest BCUT2D eigenvalue weighted by Gasteiger charge is -2.16. The number of likely N-dealkylation sites (N-methyl/N-ethyl adjacent to an activating group) is 1. The van der Waals surface area contributed by atoms with Crippen molar-refractivity contribution in [3.05, 3.63) is 29.8 Å². The summed E-state index contributed by atoms with van der Waals surface area (Å²) in [6.07, 6.45) is 0. The number of benzene rings is 1. The van der Waals surface area contributed by atoms with Gasteiger partial charge in [0.15, 0.2) is 0 Å². The van der Waals surface area contributed by atoms with Crippen LogP contribution in [0.5, 0.6) is 0 Å². The number of carbonyl (C=O) groups is 1. The molecule has 1 aromatic rings. The summed E-state index contributed by atoms with van der Waals surface area (Å²) in [6, 6.07) is 8.20. The van der Waals surface area contributed by atoms with E-state index in [-0.39, 0.29) is 6.03 Å². The van der Waals surface area contributed by atoms with Gasteiger partial charge in [0.1, 0.15) is 0 Å². The van der Waals surface area contributed by atoms with Gasteiger partial charge in [0.25, 0.3) is 0 Å². The number of nitrogens with zero attached hydrogens (tertiary/aromatic N) is 2. The molecule has 0 atom stereocenters. The third kappa shape index (κ3) is 2.02. The highest BCUT2D eigenvalue weighted by molar-refractivity contribution is 5.93. The summed E-state index contributed by atoms with van der Waals surface area (Å²) < 4.78 is 0. The number of nitrogens with one attached hydrogen (secondary N) is 1. The minimum Gasteiger partial charge on any atom is -0.326 e. The molecule has 1 heterocycles. The first-order chi connectivity index (χ1) is 7.72. The van der Waals surface area contributed by atoms with Crippen LogP contribution in [0.25, 0.3) is 0 Å². The van der Waals surface area contributed by atoms with E-state index >= 15 is 0 Å². The predicted octanol–water partition coefficient (Wildman–Crippen LogP) is 1.28. The van der Waals surface area contributed by atoms with E-state index < -0.39 is 0 Å². The van der Waals surface area contributed by atoms with Crippen LogP contribution in [0.3, 0.4) is 0 Å². The van der Waals surface area contributed by atoms with Gasteiger partial charge in [-0.3, -0.25) is 4.90 Å². The maximum atomic E-state index is 11.8. The van der Waals surface area contributed by atoms with Crippen molar-refractivity contribution in [1.29, 1.82) is 0 Å². The van der Waals surface area contributed by atoms with E-state index in [0.717, 1.165) is 25.3 Å². The molecule has 0 saturated carbocycles. The zero-order valence-electron chi connectivity index (χ0n) is 9.73. The SMILES string of the molecule is CNCc1ccc(N2CCN(C)C2=O)cc1. The second-order valence-corrected chi connectivity index (χ2v) is 4.05. The van der Waals surface area contributed by atoms with Crippen molar-refractivity contribution in [3.8, 4) is 0 Å². The van der Waals surface area contributed by atoms with E-state index in [4.69, 9.17) is 0 Å². The van der Waals surface area contributed by atoms with Gasteiger partial charge in [-0.2, -0.15) is 0 Å². The Morgan fingerprint density at radius 1 is 1.25 bits per heavy atom. The average Bonchev–Trinajstić information content (AvgIpc) is 2.62. The Hall–Kier alpha value is -1.55. The Balaban J connectivity index is 2.13. The van der Waals surface area contributed by atoms with Gasteiger partial charge in [-0.05, 0) is 24.7 Å². The minimum absolute atomic E-state index is 0.0846. The molecule has 0 radical (unpaired) electrons. The molecular weight excluding hydrogens is 202 g/mol. The molecule has 16 heavy (non-hydrogen) atoms. The summed E-state index contributed by atoms with van der Waals surface area (Å²) in [7, 11) is 3.75. The molecule has 4 nitrogen and oxygen atoms in total. The number of rotatable bonds is 3. The second kappa shape index (κ2) is 4.53. The molecule has 1 aliphatic rings. The number of carbonyl (C=O) groups excluding carboxylic acids is 1. The van der Waals surface area contributed by atoms with Crippen molar-refractivity contribution >= 4 is 11.7 Å². The quantitative estimate of drug-likeness (QED) is 0.831. The molecule has 4 heteroatoms. The van der Waals surface area contributed by atoms with Crippen molar-refractivity contribution in [2.75, 3.05) is 32.1 Å². The van der Waals surface area contributed by atoms with Gasteiger partial charge >= 0.3 is 6.03 Å². The van der Waals surface area contributed by atoms with Crippen LogP contribution >= 0.6 is 0 Å². The summed E-state index contributed by atoms with van der Waals surface area (Å²) in [5.74, 6) is 0. The molecule has 0 bridgehead atoms. The predicted molar refractivity (Wildman–Crippen MR) is 64.6 cm³/mol. The number of hydrogen-bond donors (Lipinski definition) is 1. The van der Waals surface area contributed by atoms with Crippen LogP contribution < -0.4 is 10.2 Å². The summed E-state index contributed by atoms with van der Waals surface area (Å²) in [6.45, 7) is 2.44. The molecule has 0 unspecified atom stereocenters. The van der Waals surface area contributed by atoms with Crippen LogP contribution in [0.2, 0.25) is 0 Å². The fourth-order valence-electron chi connectivity index (χ4n) is 1.88. The highest BCUT2D eigenvalue weighted by Crippen LogP contribution is 2.19. The first-order valence-electron chi connectivity index (χ1n) is 5.48. The van der Waals surface area contributed by atoms with Gasteiger partial charge in [-0.1, -0.05) is 12.1 Å². The maximum absolute atomic E-state index is 11.8. The topological polar surface area (TPSA) is 35.6 Å². The standard InChI is InChI=1S/C12H17N3O/c1-13-9-10-3-5-11(6-4-10)15-8-7-14(2)12(15)16/h3-6,13H,7-9H2,1-2H3. The van der Waals surface area contributed by atoms with Crippen LogP contribution in [-0.4, -0.2) is 38.1 Å². The molecular formula is C12H17N3O. The normalized spacial score (nSPS) is 16.0. The third-order valence-electron chi connectivity index (χ3n) is 2.85. The fraction of sp³-hybridized carbons (Fsp3) is 0.417. The van der Waals surface area contributed by atoms with Gasteiger partial charge in [0, 0.05) is 32.4 Å². The van der Waals surface area contributed by atoms with E-state index in [0.29, 0.717) is 0 Å². The van der Waals surface area contributed by atoms with Crippen molar-refractivity contribution in [2.24, 2.45) is 0 Å². The average molecular weight is 219 g/mol. The third-order valence-corrected chi connectivity index (χ3v) is 2.85. The van der Waals surface area contributed by atoms with E-state index in [2.05, 4.69) is 17.4 Å². The highest BCUT2D eigenvalue weighted by atomic mass is 16.2. The molecule has 1 aromatic carbocycles. The Bertz CT molecular complexity index is 374. The fourth-order valence-corrected chi connectivity index (χ4v) is 1.88. The highest BCUT2D eigenvalue weighted by Gasteiger charge is 2.26.